The molecule has 0 aliphatic heterocycles. The van der Waals surface area contributed by atoms with Crippen LogP contribution in [0.2, 0.25) is 0 Å². The molecule has 20 heavy (non-hydrogen) atoms. The number of nitrogens with one attached hydrogen (secondary N) is 1. The van der Waals surface area contributed by atoms with E-state index in [0.717, 1.165) is 56.5 Å². The summed E-state index contributed by atoms with van der Waals surface area (Å²) < 4.78 is 1.93. The average Bonchev–Trinajstić information content (AvgIpc) is 2.78. The Bertz CT molecular complexity index is 419. The number of aryl methyl sites for hydroxylation is 2. The van der Waals surface area contributed by atoms with Crippen LogP contribution in [0.15, 0.2) is 6.07 Å². The van der Waals surface area contributed by atoms with Crippen molar-refractivity contribution in [2.45, 2.75) is 70.4 Å². The van der Waals surface area contributed by atoms with Crippen LogP contribution in [0.5, 0.6) is 0 Å². The highest BCUT2D eigenvalue weighted by Gasteiger charge is 2.33. The summed E-state index contributed by atoms with van der Waals surface area (Å²) in [6.45, 7) is 5.40. The van der Waals surface area contributed by atoms with E-state index >= 15 is 0 Å². The van der Waals surface area contributed by atoms with Crippen LogP contribution in [0.25, 0.3) is 0 Å². The van der Waals surface area contributed by atoms with Gasteiger partial charge in [0, 0.05) is 25.2 Å². The quantitative estimate of drug-likeness (QED) is 0.839. The molecule has 114 valence electrons. The smallest absolute Gasteiger partial charge is 0.0704 e. The summed E-state index contributed by atoms with van der Waals surface area (Å²) in [7, 11) is 1.98. The number of aliphatic hydroxyl groups is 1. The SMILES string of the molecule is CCCNC1CCC(O)(Cc2cc(CC)nn2C)CC1. The standard InChI is InChI=1S/C16H29N3O/c1-4-10-17-14-6-8-16(20,9-7-14)12-15-11-13(5-2)18-19(15)3/h11,14,17,20H,4-10,12H2,1-3H3. The van der Waals surface area contributed by atoms with Gasteiger partial charge in [-0.3, -0.25) is 4.68 Å². The fraction of sp³-hybridized carbons (Fsp3) is 0.812. The van der Waals surface area contributed by atoms with Gasteiger partial charge in [-0.25, -0.2) is 0 Å². The Hall–Kier alpha value is -0.870. The maximum atomic E-state index is 10.8. The molecule has 1 aromatic heterocycles. The highest BCUT2D eigenvalue weighted by molar-refractivity contribution is 5.13. The monoisotopic (exact) mass is 279 g/mol. The first-order valence-electron chi connectivity index (χ1n) is 8.04. The molecule has 4 nitrogen and oxygen atoms in total. The Kier molecular flexibility index (Phi) is 5.22. The molecule has 0 atom stereocenters. The van der Waals surface area contributed by atoms with E-state index in [0.29, 0.717) is 6.04 Å². The maximum Gasteiger partial charge on any atom is 0.0704 e. The molecule has 1 aliphatic carbocycles. The third kappa shape index (κ3) is 3.83. The number of nitrogens with zero attached hydrogens (tertiary/aromatic N) is 2. The molecule has 1 saturated carbocycles. The predicted octanol–water partition coefficient (Wildman–Crippen LogP) is 2.20. The lowest BCUT2D eigenvalue weighted by atomic mass is 9.79. The van der Waals surface area contributed by atoms with E-state index in [-0.39, 0.29) is 0 Å². The number of rotatable bonds is 6. The van der Waals surface area contributed by atoms with Crippen LogP contribution in [0.1, 0.15) is 57.3 Å². The minimum Gasteiger partial charge on any atom is -0.389 e. The van der Waals surface area contributed by atoms with E-state index in [1.54, 1.807) is 0 Å². The normalized spacial score (nSPS) is 26.9. The summed E-state index contributed by atoms with van der Waals surface area (Å²) in [6, 6.07) is 2.73. The minimum absolute atomic E-state index is 0.538. The Labute approximate surface area is 122 Å². The zero-order valence-electron chi connectivity index (χ0n) is 13.2. The van der Waals surface area contributed by atoms with Crippen molar-refractivity contribution in [2.75, 3.05) is 6.54 Å². The summed E-state index contributed by atoms with van der Waals surface area (Å²) in [5.41, 5.74) is 1.73. The van der Waals surface area contributed by atoms with Crippen LogP contribution in [0, 0.1) is 0 Å². The molecule has 0 spiro atoms. The van der Waals surface area contributed by atoms with E-state index in [1.165, 1.54) is 6.42 Å². The topological polar surface area (TPSA) is 50.1 Å². The largest absolute Gasteiger partial charge is 0.389 e. The van der Waals surface area contributed by atoms with Gasteiger partial charge in [0.05, 0.1) is 11.3 Å². The molecular formula is C16H29N3O. The molecule has 0 unspecified atom stereocenters. The van der Waals surface area contributed by atoms with Gasteiger partial charge in [-0.15, -0.1) is 0 Å². The van der Waals surface area contributed by atoms with Crippen molar-refractivity contribution >= 4 is 0 Å². The van der Waals surface area contributed by atoms with Gasteiger partial charge in [-0.2, -0.15) is 5.10 Å². The predicted molar refractivity (Wildman–Crippen MR) is 81.8 cm³/mol. The molecule has 0 saturated heterocycles. The Morgan fingerprint density at radius 2 is 2.10 bits per heavy atom. The highest BCUT2D eigenvalue weighted by Crippen LogP contribution is 2.31. The van der Waals surface area contributed by atoms with Gasteiger partial charge >= 0.3 is 0 Å². The summed E-state index contributed by atoms with van der Waals surface area (Å²) in [5, 5.41) is 18.8. The second-order valence-corrected chi connectivity index (χ2v) is 6.23. The van der Waals surface area contributed by atoms with Gasteiger partial charge in [0.2, 0.25) is 0 Å². The molecule has 0 amide bonds. The van der Waals surface area contributed by atoms with Crippen LogP contribution in [0.3, 0.4) is 0 Å². The van der Waals surface area contributed by atoms with Crippen LogP contribution >= 0.6 is 0 Å². The molecule has 1 heterocycles. The molecule has 0 radical (unpaired) electrons. The average molecular weight is 279 g/mol. The van der Waals surface area contributed by atoms with Gasteiger partial charge in [0.15, 0.2) is 0 Å². The lowest BCUT2D eigenvalue weighted by molar-refractivity contribution is -0.00453. The Morgan fingerprint density at radius 1 is 1.40 bits per heavy atom. The van der Waals surface area contributed by atoms with E-state index in [2.05, 4.69) is 30.3 Å². The van der Waals surface area contributed by atoms with E-state index < -0.39 is 5.60 Å². The molecular weight excluding hydrogens is 250 g/mol. The van der Waals surface area contributed by atoms with Crippen LogP contribution < -0.4 is 5.32 Å². The molecule has 1 fully saturated rings. The van der Waals surface area contributed by atoms with E-state index in [9.17, 15) is 5.11 Å². The van der Waals surface area contributed by atoms with Gasteiger partial charge < -0.3 is 10.4 Å². The lowest BCUT2D eigenvalue weighted by Crippen LogP contribution is -2.43. The first kappa shape index (κ1) is 15.5. The maximum absolute atomic E-state index is 10.8. The number of hydrogen-bond acceptors (Lipinski definition) is 3. The number of hydrogen-bond donors (Lipinski definition) is 2. The fourth-order valence-corrected chi connectivity index (χ4v) is 3.13. The summed E-state index contributed by atoms with van der Waals surface area (Å²) >= 11 is 0. The zero-order valence-corrected chi connectivity index (χ0v) is 13.2. The van der Waals surface area contributed by atoms with Crippen molar-refractivity contribution < 1.29 is 5.11 Å². The van der Waals surface area contributed by atoms with Gasteiger partial charge in [-0.05, 0) is 51.1 Å². The Balaban J connectivity index is 1.91. The first-order chi connectivity index (χ1) is 9.56. The van der Waals surface area contributed by atoms with Crippen molar-refractivity contribution in [1.29, 1.82) is 0 Å². The van der Waals surface area contributed by atoms with Crippen LogP contribution in [-0.4, -0.2) is 33.1 Å². The minimum atomic E-state index is -0.538. The van der Waals surface area contributed by atoms with Crippen LogP contribution in [-0.2, 0) is 19.9 Å². The summed E-state index contributed by atoms with van der Waals surface area (Å²) in [6.07, 6.45) is 6.80. The fourth-order valence-electron chi connectivity index (χ4n) is 3.13. The van der Waals surface area contributed by atoms with Gasteiger partial charge in [0.1, 0.15) is 0 Å². The zero-order chi connectivity index (χ0) is 14.6. The molecule has 1 aromatic rings. The van der Waals surface area contributed by atoms with Gasteiger partial charge in [-0.1, -0.05) is 13.8 Å². The van der Waals surface area contributed by atoms with Crippen molar-refractivity contribution in [3.63, 3.8) is 0 Å². The Morgan fingerprint density at radius 3 is 2.65 bits per heavy atom. The molecule has 0 bridgehead atoms. The third-order valence-corrected chi connectivity index (χ3v) is 4.50. The van der Waals surface area contributed by atoms with Crippen molar-refractivity contribution in [3.8, 4) is 0 Å². The molecule has 2 N–H and O–H groups in total. The molecule has 0 aromatic carbocycles. The third-order valence-electron chi connectivity index (χ3n) is 4.50. The molecule has 4 heteroatoms. The van der Waals surface area contributed by atoms with E-state index in [1.807, 2.05) is 11.7 Å². The number of aromatic nitrogens is 2. The summed E-state index contributed by atoms with van der Waals surface area (Å²) in [4.78, 5) is 0. The highest BCUT2D eigenvalue weighted by atomic mass is 16.3. The van der Waals surface area contributed by atoms with Crippen molar-refractivity contribution in [2.24, 2.45) is 7.05 Å². The van der Waals surface area contributed by atoms with Crippen LogP contribution in [0.4, 0.5) is 0 Å². The van der Waals surface area contributed by atoms with Gasteiger partial charge in [0.25, 0.3) is 0 Å². The second-order valence-electron chi connectivity index (χ2n) is 6.23. The lowest BCUT2D eigenvalue weighted by Gasteiger charge is -2.36. The molecule has 1 aliphatic rings. The second kappa shape index (κ2) is 6.72. The van der Waals surface area contributed by atoms with Crippen molar-refractivity contribution in [1.82, 2.24) is 15.1 Å². The summed E-state index contributed by atoms with van der Waals surface area (Å²) in [5.74, 6) is 0. The molecule has 2 rings (SSSR count). The first-order valence-corrected chi connectivity index (χ1v) is 8.04. The van der Waals surface area contributed by atoms with E-state index in [4.69, 9.17) is 0 Å². The van der Waals surface area contributed by atoms with Crippen molar-refractivity contribution in [3.05, 3.63) is 17.5 Å².